The smallest absolute Gasteiger partial charge is 0.251 e. The molecule has 5 nitrogen and oxygen atoms in total. The van der Waals surface area contributed by atoms with Crippen LogP contribution in [0.4, 0.5) is 5.69 Å². The van der Waals surface area contributed by atoms with Gasteiger partial charge in [-0.25, -0.2) is 8.42 Å². The van der Waals surface area contributed by atoms with Gasteiger partial charge in [0, 0.05) is 11.6 Å². The first kappa shape index (κ1) is 22.0. The lowest BCUT2D eigenvalue weighted by atomic mass is 10.1. The summed E-state index contributed by atoms with van der Waals surface area (Å²) in [7, 11) is -3.45. The number of aryl methyl sites for hydroxylation is 2. The number of hydrogen-bond donors (Lipinski definition) is 1. The number of nitrogens with one attached hydrogen (secondary N) is 1. The van der Waals surface area contributed by atoms with Crippen molar-refractivity contribution in [3.63, 3.8) is 0 Å². The molecule has 2 aromatic rings. The van der Waals surface area contributed by atoms with Crippen LogP contribution in [0.3, 0.4) is 0 Å². The van der Waals surface area contributed by atoms with Crippen LogP contribution >= 0.6 is 0 Å². The van der Waals surface area contributed by atoms with E-state index in [0.29, 0.717) is 17.2 Å². The quantitative estimate of drug-likeness (QED) is 0.760. The van der Waals surface area contributed by atoms with Gasteiger partial charge in [0.1, 0.15) is 0 Å². The molecule has 1 atom stereocenters. The summed E-state index contributed by atoms with van der Waals surface area (Å²) in [5.41, 5.74) is 4.05. The minimum atomic E-state index is -3.45. The van der Waals surface area contributed by atoms with Crippen LogP contribution < -0.4 is 9.62 Å². The first-order chi connectivity index (χ1) is 13.0. The van der Waals surface area contributed by atoms with Crippen LogP contribution in [0.25, 0.3) is 0 Å². The molecule has 1 amide bonds. The van der Waals surface area contributed by atoms with Gasteiger partial charge in [0.05, 0.1) is 18.5 Å². The zero-order chi connectivity index (χ0) is 21.1. The molecule has 1 N–H and O–H groups in total. The summed E-state index contributed by atoms with van der Waals surface area (Å²) in [5.74, 6) is 0.228. The van der Waals surface area contributed by atoms with Crippen LogP contribution in [0, 0.1) is 19.8 Å². The van der Waals surface area contributed by atoms with Crippen LogP contribution in [0.1, 0.15) is 47.8 Å². The fourth-order valence-corrected chi connectivity index (χ4v) is 3.75. The first-order valence-corrected chi connectivity index (χ1v) is 11.3. The second kappa shape index (κ2) is 8.78. The van der Waals surface area contributed by atoms with E-state index in [-0.39, 0.29) is 18.5 Å². The first-order valence-electron chi connectivity index (χ1n) is 9.43. The van der Waals surface area contributed by atoms with E-state index in [9.17, 15) is 13.2 Å². The summed E-state index contributed by atoms with van der Waals surface area (Å²) >= 11 is 0. The number of carbonyl (C=O) groups is 1. The molecule has 2 rings (SSSR count). The second-order valence-electron chi connectivity index (χ2n) is 7.82. The van der Waals surface area contributed by atoms with Gasteiger partial charge in [0.25, 0.3) is 5.91 Å². The van der Waals surface area contributed by atoms with Gasteiger partial charge < -0.3 is 5.32 Å². The Hall–Kier alpha value is -2.34. The largest absolute Gasteiger partial charge is 0.349 e. The maximum Gasteiger partial charge on any atom is 0.251 e. The van der Waals surface area contributed by atoms with Gasteiger partial charge in [-0.2, -0.15) is 0 Å². The monoisotopic (exact) mass is 402 g/mol. The summed E-state index contributed by atoms with van der Waals surface area (Å²) in [6.45, 7) is 10.2. The third-order valence-electron chi connectivity index (χ3n) is 4.80. The van der Waals surface area contributed by atoms with E-state index >= 15 is 0 Å². The number of hydrogen-bond acceptors (Lipinski definition) is 3. The fourth-order valence-electron chi connectivity index (χ4n) is 2.88. The highest BCUT2D eigenvalue weighted by Gasteiger charge is 2.19. The predicted molar refractivity (Wildman–Crippen MR) is 115 cm³/mol. The molecule has 28 heavy (non-hydrogen) atoms. The number of nitrogens with zero attached hydrogens (tertiary/aromatic N) is 1. The van der Waals surface area contributed by atoms with Crippen molar-refractivity contribution in [2.45, 2.75) is 47.2 Å². The number of anilines is 1. The third-order valence-corrected chi connectivity index (χ3v) is 5.94. The van der Waals surface area contributed by atoms with Crippen molar-refractivity contribution in [2.24, 2.45) is 5.92 Å². The van der Waals surface area contributed by atoms with Gasteiger partial charge >= 0.3 is 0 Å². The van der Waals surface area contributed by atoms with Crippen molar-refractivity contribution in [1.82, 2.24) is 5.32 Å². The highest BCUT2D eigenvalue weighted by atomic mass is 32.2. The summed E-state index contributed by atoms with van der Waals surface area (Å²) in [5, 5.41) is 2.97. The second-order valence-corrected chi connectivity index (χ2v) is 9.73. The minimum Gasteiger partial charge on any atom is -0.349 e. The highest BCUT2D eigenvalue weighted by Crippen LogP contribution is 2.23. The number of benzene rings is 2. The Labute approximate surface area is 168 Å². The lowest BCUT2D eigenvalue weighted by molar-refractivity contribution is 0.0930. The molecule has 0 aliphatic heterocycles. The molecule has 0 radical (unpaired) electrons. The molecule has 0 bridgehead atoms. The van der Waals surface area contributed by atoms with Crippen LogP contribution in [0.5, 0.6) is 0 Å². The van der Waals surface area contributed by atoms with E-state index in [0.717, 1.165) is 16.7 Å². The van der Waals surface area contributed by atoms with E-state index in [1.165, 1.54) is 10.6 Å². The zero-order valence-electron chi connectivity index (χ0n) is 17.5. The van der Waals surface area contributed by atoms with E-state index in [1.54, 1.807) is 24.3 Å². The molecule has 0 saturated heterocycles. The van der Waals surface area contributed by atoms with Crippen molar-refractivity contribution in [2.75, 3.05) is 10.6 Å². The molecular formula is C22H30N2O3S. The van der Waals surface area contributed by atoms with Crippen LogP contribution in [-0.2, 0) is 16.6 Å². The summed E-state index contributed by atoms with van der Waals surface area (Å²) in [4.78, 5) is 12.3. The van der Waals surface area contributed by atoms with Crippen LogP contribution in [0.15, 0.2) is 42.5 Å². The van der Waals surface area contributed by atoms with E-state index in [2.05, 4.69) is 19.2 Å². The Bertz CT molecular complexity index is 915. The lowest BCUT2D eigenvalue weighted by Crippen LogP contribution is -2.36. The Morgan fingerprint density at radius 1 is 1.00 bits per heavy atom. The predicted octanol–water partition coefficient (Wildman–Crippen LogP) is 4.04. The number of rotatable bonds is 7. The van der Waals surface area contributed by atoms with E-state index < -0.39 is 10.0 Å². The van der Waals surface area contributed by atoms with E-state index in [1.807, 2.05) is 39.0 Å². The SMILES string of the molecule is Cc1cc(C)cc(N(Cc2ccc(C(=O)NC(C)C(C)C)cc2)S(C)(=O)=O)c1. The topological polar surface area (TPSA) is 66.5 Å². The molecule has 0 heterocycles. The molecule has 2 aromatic carbocycles. The Balaban J connectivity index is 2.23. The third kappa shape index (κ3) is 5.83. The van der Waals surface area contributed by atoms with Gasteiger partial charge in [-0.05, 0) is 67.6 Å². The van der Waals surface area contributed by atoms with Gasteiger partial charge in [-0.1, -0.05) is 32.0 Å². The maximum atomic E-state index is 12.4. The molecular weight excluding hydrogens is 372 g/mol. The van der Waals surface area contributed by atoms with Crippen molar-refractivity contribution >= 4 is 21.6 Å². The molecule has 0 aromatic heterocycles. The normalized spacial score (nSPS) is 12.7. The average Bonchev–Trinajstić information content (AvgIpc) is 2.58. The number of carbonyl (C=O) groups excluding carboxylic acids is 1. The molecule has 6 heteroatoms. The summed E-state index contributed by atoms with van der Waals surface area (Å²) in [6.07, 6.45) is 1.21. The minimum absolute atomic E-state index is 0.0810. The van der Waals surface area contributed by atoms with Gasteiger partial charge in [-0.3, -0.25) is 9.10 Å². The highest BCUT2D eigenvalue weighted by molar-refractivity contribution is 7.92. The Kier molecular flexibility index (Phi) is 6.88. The molecule has 0 aliphatic rings. The van der Waals surface area contributed by atoms with Crippen LogP contribution in [-0.4, -0.2) is 26.6 Å². The Morgan fingerprint density at radius 3 is 2.00 bits per heavy atom. The average molecular weight is 403 g/mol. The van der Waals surface area contributed by atoms with Crippen LogP contribution in [0.2, 0.25) is 0 Å². The molecule has 0 spiro atoms. The van der Waals surface area contributed by atoms with Gasteiger partial charge in [-0.15, -0.1) is 0 Å². The molecule has 0 aliphatic carbocycles. The molecule has 1 unspecified atom stereocenters. The van der Waals surface area contributed by atoms with E-state index in [4.69, 9.17) is 0 Å². The zero-order valence-corrected chi connectivity index (χ0v) is 18.3. The van der Waals surface area contributed by atoms with Gasteiger partial charge in [0.2, 0.25) is 10.0 Å². The van der Waals surface area contributed by atoms with Crippen molar-refractivity contribution in [3.8, 4) is 0 Å². The fraction of sp³-hybridized carbons (Fsp3) is 0.409. The van der Waals surface area contributed by atoms with Gasteiger partial charge in [0.15, 0.2) is 0 Å². The Morgan fingerprint density at radius 2 is 1.54 bits per heavy atom. The van der Waals surface area contributed by atoms with Crippen molar-refractivity contribution in [3.05, 3.63) is 64.7 Å². The lowest BCUT2D eigenvalue weighted by Gasteiger charge is -2.23. The standard InChI is InChI=1S/C22H30N2O3S/c1-15(2)18(5)23-22(25)20-9-7-19(8-10-20)14-24(28(6,26)27)21-12-16(3)11-17(4)13-21/h7-13,15,18H,14H2,1-6H3,(H,23,25). The molecule has 152 valence electrons. The summed E-state index contributed by atoms with van der Waals surface area (Å²) < 4.78 is 26.2. The van der Waals surface area contributed by atoms with Crippen molar-refractivity contribution < 1.29 is 13.2 Å². The number of amides is 1. The maximum absolute atomic E-state index is 12.4. The number of sulfonamides is 1. The summed E-state index contributed by atoms with van der Waals surface area (Å²) in [6, 6.07) is 12.9. The van der Waals surface area contributed by atoms with Crippen molar-refractivity contribution in [1.29, 1.82) is 0 Å². The molecule has 0 fully saturated rings. The molecule has 0 saturated carbocycles.